The van der Waals surface area contributed by atoms with E-state index in [9.17, 15) is 0 Å². The third-order valence-electron chi connectivity index (χ3n) is 4.57. The number of hydrogen-bond acceptors (Lipinski definition) is 3. The predicted octanol–water partition coefficient (Wildman–Crippen LogP) is 5.30. The molecule has 0 saturated carbocycles. The molecule has 26 heavy (non-hydrogen) atoms. The number of aryl methyl sites for hydroxylation is 3. The number of ether oxygens (including phenoxy) is 1. The number of hydrogen-bond donors (Lipinski definition) is 0. The van der Waals surface area contributed by atoms with E-state index in [4.69, 9.17) is 4.74 Å². The SMILES string of the molecule is CCc1cccc(-c2cccc(Oc3cnc4c(C)nn(C)c4c3)c2)c1. The van der Waals surface area contributed by atoms with E-state index < -0.39 is 0 Å². The number of benzene rings is 2. The van der Waals surface area contributed by atoms with Gasteiger partial charge in [0.15, 0.2) is 0 Å². The number of fused-ring (bicyclic) bond motifs is 1. The third-order valence-corrected chi connectivity index (χ3v) is 4.57. The summed E-state index contributed by atoms with van der Waals surface area (Å²) in [6.07, 6.45) is 2.78. The van der Waals surface area contributed by atoms with Gasteiger partial charge in [0.2, 0.25) is 0 Å². The Morgan fingerprint density at radius 3 is 2.54 bits per heavy atom. The first-order valence-corrected chi connectivity index (χ1v) is 8.80. The summed E-state index contributed by atoms with van der Waals surface area (Å²) in [6, 6.07) is 18.7. The molecule has 4 nitrogen and oxygen atoms in total. The zero-order valence-corrected chi connectivity index (χ0v) is 15.2. The Kier molecular flexibility index (Phi) is 4.17. The van der Waals surface area contributed by atoms with E-state index in [1.54, 1.807) is 6.20 Å². The molecule has 0 radical (unpaired) electrons. The van der Waals surface area contributed by atoms with Crippen LogP contribution in [-0.4, -0.2) is 14.8 Å². The highest BCUT2D eigenvalue weighted by atomic mass is 16.5. The first-order chi connectivity index (χ1) is 12.6. The minimum absolute atomic E-state index is 0.708. The van der Waals surface area contributed by atoms with Crippen molar-refractivity contribution in [2.75, 3.05) is 0 Å². The third kappa shape index (κ3) is 3.06. The van der Waals surface area contributed by atoms with Gasteiger partial charge in [-0.1, -0.05) is 43.3 Å². The second-order valence-electron chi connectivity index (χ2n) is 6.43. The molecule has 0 atom stereocenters. The monoisotopic (exact) mass is 343 g/mol. The molecule has 0 aliphatic heterocycles. The van der Waals surface area contributed by atoms with Crippen LogP contribution in [0.5, 0.6) is 11.5 Å². The van der Waals surface area contributed by atoms with E-state index in [0.29, 0.717) is 5.75 Å². The highest BCUT2D eigenvalue weighted by molar-refractivity contribution is 5.78. The fraction of sp³-hybridized carbons (Fsp3) is 0.182. The standard InChI is InChI=1S/C22H21N3O/c1-4-16-7-5-8-17(11-16)18-9-6-10-19(12-18)26-20-13-21-22(23-14-20)15(2)24-25(21)3/h5-14H,4H2,1-3H3. The Bertz CT molecular complexity index is 1080. The maximum atomic E-state index is 6.07. The van der Waals surface area contributed by atoms with Gasteiger partial charge in [-0.05, 0) is 42.2 Å². The Balaban J connectivity index is 1.65. The number of rotatable bonds is 4. The van der Waals surface area contributed by atoms with Gasteiger partial charge in [0, 0.05) is 13.1 Å². The van der Waals surface area contributed by atoms with Crippen molar-refractivity contribution in [3.8, 4) is 22.6 Å². The van der Waals surface area contributed by atoms with Crippen molar-refractivity contribution in [1.82, 2.24) is 14.8 Å². The quantitative estimate of drug-likeness (QED) is 0.505. The zero-order chi connectivity index (χ0) is 18.1. The van der Waals surface area contributed by atoms with Crippen LogP contribution in [0.2, 0.25) is 0 Å². The van der Waals surface area contributed by atoms with Crippen LogP contribution in [0.3, 0.4) is 0 Å². The molecular formula is C22H21N3O. The van der Waals surface area contributed by atoms with Gasteiger partial charge in [-0.3, -0.25) is 4.68 Å². The fourth-order valence-electron chi connectivity index (χ4n) is 3.19. The van der Waals surface area contributed by atoms with Crippen molar-refractivity contribution in [3.05, 3.63) is 72.1 Å². The largest absolute Gasteiger partial charge is 0.456 e. The molecule has 4 rings (SSSR count). The highest BCUT2D eigenvalue weighted by Crippen LogP contribution is 2.29. The number of aromatic nitrogens is 3. The second-order valence-corrected chi connectivity index (χ2v) is 6.43. The predicted molar refractivity (Wildman–Crippen MR) is 105 cm³/mol. The summed E-state index contributed by atoms with van der Waals surface area (Å²) in [7, 11) is 1.92. The normalized spacial score (nSPS) is 11.0. The van der Waals surface area contributed by atoms with Crippen molar-refractivity contribution in [1.29, 1.82) is 0 Å². The lowest BCUT2D eigenvalue weighted by atomic mass is 10.0. The Morgan fingerprint density at radius 1 is 0.962 bits per heavy atom. The lowest BCUT2D eigenvalue weighted by molar-refractivity contribution is 0.481. The summed E-state index contributed by atoms with van der Waals surface area (Å²) in [4.78, 5) is 4.49. The van der Waals surface area contributed by atoms with Crippen LogP contribution < -0.4 is 4.74 Å². The molecule has 2 aromatic carbocycles. The van der Waals surface area contributed by atoms with Gasteiger partial charge >= 0.3 is 0 Å². The van der Waals surface area contributed by atoms with Crippen molar-refractivity contribution in [2.45, 2.75) is 20.3 Å². The van der Waals surface area contributed by atoms with E-state index >= 15 is 0 Å². The first kappa shape index (κ1) is 16.3. The lowest BCUT2D eigenvalue weighted by Gasteiger charge is -2.09. The molecule has 4 aromatic rings. The highest BCUT2D eigenvalue weighted by Gasteiger charge is 2.09. The van der Waals surface area contributed by atoms with Gasteiger partial charge < -0.3 is 4.74 Å². The Hall–Kier alpha value is -3.14. The van der Waals surface area contributed by atoms with Gasteiger partial charge in [-0.2, -0.15) is 5.10 Å². The Morgan fingerprint density at radius 2 is 1.73 bits per heavy atom. The summed E-state index contributed by atoms with van der Waals surface area (Å²) >= 11 is 0. The van der Waals surface area contributed by atoms with Crippen molar-refractivity contribution in [2.24, 2.45) is 7.05 Å². The molecule has 2 aromatic heterocycles. The molecule has 2 heterocycles. The number of pyridine rings is 1. The van der Waals surface area contributed by atoms with Crippen LogP contribution in [0.15, 0.2) is 60.8 Å². The van der Waals surface area contributed by atoms with Crippen molar-refractivity contribution >= 4 is 11.0 Å². The maximum Gasteiger partial charge on any atom is 0.147 e. The minimum atomic E-state index is 0.708. The smallest absolute Gasteiger partial charge is 0.147 e. The van der Waals surface area contributed by atoms with Crippen LogP contribution in [0.1, 0.15) is 18.2 Å². The summed E-state index contributed by atoms with van der Waals surface area (Å²) in [6.45, 7) is 4.13. The van der Waals surface area contributed by atoms with Gasteiger partial charge in [-0.25, -0.2) is 4.98 Å². The molecule has 0 saturated heterocycles. The summed E-state index contributed by atoms with van der Waals surface area (Å²) < 4.78 is 7.90. The van der Waals surface area contributed by atoms with E-state index in [-0.39, 0.29) is 0 Å². The molecule has 0 spiro atoms. The summed E-state index contributed by atoms with van der Waals surface area (Å²) in [5.74, 6) is 1.50. The molecule has 0 amide bonds. The lowest BCUT2D eigenvalue weighted by Crippen LogP contribution is -1.91. The van der Waals surface area contributed by atoms with E-state index in [2.05, 4.69) is 53.4 Å². The van der Waals surface area contributed by atoms with E-state index in [1.807, 2.05) is 36.9 Å². The van der Waals surface area contributed by atoms with E-state index in [1.165, 1.54) is 11.1 Å². The Labute approximate surface area is 153 Å². The molecule has 0 bridgehead atoms. The van der Waals surface area contributed by atoms with Crippen LogP contribution in [0, 0.1) is 6.92 Å². The molecule has 130 valence electrons. The maximum absolute atomic E-state index is 6.07. The van der Waals surface area contributed by atoms with Crippen LogP contribution in [0.4, 0.5) is 0 Å². The van der Waals surface area contributed by atoms with Crippen molar-refractivity contribution < 1.29 is 4.74 Å². The summed E-state index contributed by atoms with van der Waals surface area (Å²) in [5, 5.41) is 4.41. The number of nitrogens with zero attached hydrogens (tertiary/aromatic N) is 3. The molecular weight excluding hydrogens is 322 g/mol. The average molecular weight is 343 g/mol. The van der Waals surface area contributed by atoms with Crippen LogP contribution in [-0.2, 0) is 13.5 Å². The van der Waals surface area contributed by atoms with Gasteiger partial charge in [0.25, 0.3) is 0 Å². The van der Waals surface area contributed by atoms with Gasteiger partial charge in [-0.15, -0.1) is 0 Å². The van der Waals surface area contributed by atoms with Gasteiger partial charge in [0.1, 0.15) is 17.0 Å². The topological polar surface area (TPSA) is 39.9 Å². The molecule has 0 fully saturated rings. The van der Waals surface area contributed by atoms with Crippen LogP contribution >= 0.6 is 0 Å². The second kappa shape index (κ2) is 6.64. The van der Waals surface area contributed by atoms with Crippen molar-refractivity contribution in [3.63, 3.8) is 0 Å². The molecule has 4 heteroatoms. The first-order valence-electron chi connectivity index (χ1n) is 8.80. The molecule has 0 unspecified atom stereocenters. The fourth-order valence-corrected chi connectivity index (χ4v) is 3.19. The van der Waals surface area contributed by atoms with Crippen LogP contribution in [0.25, 0.3) is 22.2 Å². The van der Waals surface area contributed by atoms with E-state index in [0.717, 1.165) is 34.5 Å². The molecule has 0 aliphatic rings. The molecule has 0 aliphatic carbocycles. The molecule has 0 N–H and O–H groups in total. The summed E-state index contributed by atoms with van der Waals surface area (Å²) in [5.41, 5.74) is 6.47. The average Bonchev–Trinajstić information content (AvgIpc) is 2.95. The van der Waals surface area contributed by atoms with Gasteiger partial charge in [0.05, 0.1) is 17.4 Å². The zero-order valence-electron chi connectivity index (χ0n) is 15.2. The minimum Gasteiger partial charge on any atom is -0.456 e.